The molecule has 0 aliphatic rings. The largest absolute Gasteiger partial charge is 0.338 e. The molecule has 0 aromatic carbocycles. The van der Waals surface area contributed by atoms with Gasteiger partial charge in [-0.2, -0.15) is 21.4 Å². The number of hydrogen-bond acceptors (Lipinski definition) is 6. The maximum absolute atomic E-state index is 5.23. The lowest BCUT2D eigenvalue weighted by atomic mass is 10.3. The van der Waals surface area contributed by atoms with E-state index in [9.17, 15) is 0 Å². The van der Waals surface area contributed by atoms with E-state index in [4.69, 9.17) is 4.52 Å². The Balaban J connectivity index is 1.53. The van der Waals surface area contributed by atoms with Gasteiger partial charge in [-0.25, -0.2) is 0 Å². The van der Waals surface area contributed by atoms with Crippen LogP contribution in [0.2, 0.25) is 0 Å². The zero-order valence-corrected chi connectivity index (χ0v) is 11.9. The van der Waals surface area contributed by atoms with Crippen molar-refractivity contribution in [2.24, 2.45) is 0 Å². The molecule has 3 rings (SSSR count). The Morgan fingerprint density at radius 3 is 3.20 bits per heavy atom. The minimum absolute atomic E-state index is 0.270. The smallest absolute Gasteiger partial charge is 0.240 e. The highest BCUT2D eigenvalue weighted by atomic mass is 32.1. The zero-order chi connectivity index (χ0) is 13.8. The predicted molar refractivity (Wildman–Crippen MR) is 76.1 cm³/mol. The second kappa shape index (κ2) is 5.98. The maximum atomic E-state index is 5.23. The maximum Gasteiger partial charge on any atom is 0.240 e. The van der Waals surface area contributed by atoms with Gasteiger partial charge in [-0.1, -0.05) is 5.16 Å². The molecular weight excluding hydrogens is 274 g/mol. The average Bonchev–Trinajstić information content (AvgIpc) is 3.18. The third kappa shape index (κ3) is 3.12. The van der Waals surface area contributed by atoms with Crippen molar-refractivity contribution >= 4 is 11.3 Å². The van der Waals surface area contributed by atoms with Gasteiger partial charge in [-0.05, 0) is 24.4 Å². The van der Waals surface area contributed by atoms with Crippen LogP contribution < -0.4 is 5.32 Å². The SMILES string of the molecule is C[C@H](Cn1cccn1)NCc1nc(-c2ccsc2)no1. The van der Waals surface area contributed by atoms with Gasteiger partial charge in [-0.3, -0.25) is 4.68 Å². The van der Waals surface area contributed by atoms with Gasteiger partial charge in [0, 0.05) is 29.4 Å². The zero-order valence-electron chi connectivity index (χ0n) is 11.1. The number of hydrogen-bond donors (Lipinski definition) is 1. The molecule has 3 aromatic heterocycles. The number of rotatable bonds is 6. The van der Waals surface area contributed by atoms with Gasteiger partial charge < -0.3 is 9.84 Å². The molecule has 104 valence electrons. The molecule has 3 aromatic rings. The summed E-state index contributed by atoms with van der Waals surface area (Å²) in [6.07, 6.45) is 3.72. The first-order chi connectivity index (χ1) is 9.81. The van der Waals surface area contributed by atoms with E-state index in [-0.39, 0.29) is 6.04 Å². The topological polar surface area (TPSA) is 68.8 Å². The van der Waals surface area contributed by atoms with Crippen LogP contribution in [0.5, 0.6) is 0 Å². The molecule has 0 amide bonds. The first kappa shape index (κ1) is 13.0. The third-order valence-electron chi connectivity index (χ3n) is 2.87. The summed E-state index contributed by atoms with van der Waals surface area (Å²) in [6.45, 7) is 3.45. The van der Waals surface area contributed by atoms with Crippen LogP contribution in [0.4, 0.5) is 0 Å². The molecule has 0 fully saturated rings. The Bertz CT molecular complexity index is 632. The second-order valence-electron chi connectivity index (χ2n) is 4.53. The van der Waals surface area contributed by atoms with Crippen molar-refractivity contribution < 1.29 is 4.52 Å². The minimum atomic E-state index is 0.270. The Hall–Kier alpha value is -1.99. The molecule has 0 unspecified atom stereocenters. The first-order valence-corrected chi connectivity index (χ1v) is 7.31. The Labute approximate surface area is 120 Å². The van der Waals surface area contributed by atoms with Gasteiger partial charge in [0.25, 0.3) is 0 Å². The Morgan fingerprint density at radius 1 is 1.50 bits per heavy atom. The van der Waals surface area contributed by atoms with E-state index in [2.05, 4.69) is 27.5 Å². The van der Waals surface area contributed by atoms with Crippen molar-refractivity contribution in [3.63, 3.8) is 0 Å². The van der Waals surface area contributed by atoms with Crippen LogP contribution in [-0.4, -0.2) is 26.0 Å². The molecule has 0 spiro atoms. The van der Waals surface area contributed by atoms with Gasteiger partial charge in [-0.15, -0.1) is 0 Å². The molecular formula is C13H15N5OS. The third-order valence-corrected chi connectivity index (χ3v) is 3.55. The van der Waals surface area contributed by atoms with E-state index < -0.39 is 0 Å². The summed E-state index contributed by atoms with van der Waals surface area (Å²) in [5.74, 6) is 1.24. The first-order valence-electron chi connectivity index (χ1n) is 6.37. The summed E-state index contributed by atoms with van der Waals surface area (Å²) >= 11 is 1.62. The van der Waals surface area contributed by atoms with Crippen LogP contribution in [0.25, 0.3) is 11.4 Å². The normalized spacial score (nSPS) is 12.7. The molecule has 1 atom stereocenters. The van der Waals surface area contributed by atoms with Gasteiger partial charge in [0.1, 0.15) is 0 Å². The van der Waals surface area contributed by atoms with Crippen LogP contribution in [0.3, 0.4) is 0 Å². The summed E-state index contributed by atoms with van der Waals surface area (Å²) < 4.78 is 7.12. The van der Waals surface area contributed by atoms with Crippen LogP contribution in [0.1, 0.15) is 12.8 Å². The Kier molecular flexibility index (Phi) is 3.89. The van der Waals surface area contributed by atoms with E-state index >= 15 is 0 Å². The van der Waals surface area contributed by atoms with Crippen LogP contribution in [0, 0.1) is 0 Å². The number of nitrogens with zero attached hydrogens (tertiary/aromatic N) is 4. The molecule has 0 saturated heterocycles. The second-order valence-corrected chi connectivity index (χ2v) is 5.31. The molecule has 0 aliphatic heterocycles. The molecule has 20 heavy (non-hydrogen) atoms. The van der Waals surface area contributed by atoms with Gasteiger partial charge in [0.2, 0.25) is 11.7 Å². The fraction of sp³-hybridized carbons (Fsp3) is 0.308. The lowest BCUT2D eigenvalue weighted by molar-refractivity contribution is 0.350. The Morgan fingerprint density at radius 2 is 2.45 bits per heavy atom. The number of nitrogens with one attached hydrogen (secondary N) is 1. The van der Waals surface area contributed by atoms with Gasteiger partial charge in [0.05, 0.1) is 13.1 Å². The van der Waals surface area contributed by atoms with E-state index in [1.165, 1.54) is 0 Å². The lowest BCUT2D eigenvalue weighted by Crippen LogP contribution is -2.30. The van der Waals surface area contributed by atoms with E-state index in [0.717, 1.165) is 12.1 Å². The molecule has 0 bridgehead atoms. The number of thiophene rings is 1. The molecule has 7 heteroatoms. The summed E-state index contributed by atoms with van der Waals surface area (Å²) in [4.78, 5) is 4.37. The van der Waals surface area contributed by atoms with Crippen molar-refractivity contribution in [2.45, 2.75) is 26.1 Å². The summed E-state index contributed by atoms with van der Waals surface area (Å²) in [6, 6.07) is 4.16. The predicted octanol–water partition coefficient (Wildman–Crippen LogP) is 2.17. The average molecular weight is 289 g/mol. The van der Waals surface area contributed by atoms with Gasteiger partial charge in [0.15, 0.2) is 0 Å². The van der Waals surface area contributed by atoms with E-state index in [0.29, 0.717) is 18.3 Å². The standard InChI is InChI=1S/C13H15N5OS/c1-10(8-18-5-2-4-15-18)14-7-12-16-13(17-19-12)11-3-6-20-9-11/h2-6,9-10,14H,7-8H2,1H3/t10-/m1/s1. The molecule has 6 nitrogen and oxygen atoms in total. The molecule has 1 N–H and O–H groups in total. The lowest BCUT2D eigenvalue weighted by Gasteiger charge is -2.11. The molecule has 0 radical (unpaired) electrons. The monoisotopic (exact) mass is 289 g/mol. The highest BCUT2D eigenvalue weighted by Gasteiger charge is 2.10. The van der Waals surface area contributed by atoms with E-state index in [1.54, 1.807) is 17.5 Å². The highest BCUT2D eigenvalue weighted by Crippen LogP contribution is 2.18. The van der Waals surface area contributed by atoms with Crippen LogP contribution >= 0.6 is 11.3 Å². The van der Waals surface area contributed by atoms with Crippen LogP contribution in [0.15, 0.2) is 39.8 Å². The minimum Gasteiger partial charge on any atom is -0.338 e. The number of aromatic nitrogens is 4. The quantitative estimate of drug-likeness (QED) is 0.753. The van der Waals surface area contributed by atoms with Crippen molar-refractivity contribution in [2.75, 3.05) is 0 Å². The fourth-order valence-electron chi connectivity index (χ4n) is 1.85. The van der Waals surface area contributed by atoms with Crippen molar-refractivity contribution in [3.8, 4) is 11.4 Å². The summed E-state index contributed by atoms with van der Waals surface area (Å²) in [5, 5.41) is 15.5. The van der Waals surface area contributed by atoms with Crippen molar-refractivity contribution in [1.82, 2.24) is 25.2 Å². The molecule has 0 saturated carbocycles. The highest BCUT2D eigenvalue weighted by molar-refractivity contribution is 7.08. The van der Waals surface area contributed by atoms with Crippen molar-refractivity contribution in [3.05, 3.63) is 41.2 Å². The summed E-state index contributed by atoms with van der Waals surface area (Å²) in [7, 11) is 0. The molecule has 0 aliphatic carbocycles. The fourth-order valence-corrected chi connectivity index (χ4v) is 2.49. The molecule has 3 heterocycles. The van der Waals surface area contributed by atoms with E-state index in [1.807, 2.05) is 33.8 Å². The van der Waals surface area contributed by atoms with Crippen molar-refractivity contribution in [1.29, 1.82) is 0 Å². The van der Waals surface area contributed by atoms with Gasteiger partial charge >= 0.3 is 0 Å². The van der Waals surface area contributed by atoms with Crippen LogP contribution in [-0.2, 0) is 13.1 Å². The summed E-state index contributed by atoms with van der Waals surface area (Å²) in [5.41, 5.74) is 0.995.